The Morgan fingerprint density at radius 3 is 2.61 bits per heavy atom. The summed E-state index contributed by atoms with van der Waals surface area (Å²) in [6.07, 6.45) is 1.41. The van der Waals surface area contributed by atoms with Gasteiger partial charge in [0, 0.05) is 18.8 Å². The van der Waals surface area contributed by atoms with Crippen LogP contribution in [0.2, 0.25) is 0 Å². The fraction of sp³-hybridized carbons (Fsp3) is 0.214. The fourth-order valence-electron chi connectivity index (χ4n) is 1.90. The van der Waals surface area contributed by atoms with E-state index in [1.807, 2.05) is 18.0 Å². The van der Waals surface area contributed by atoms with Crippen molar-refractivity contribution in [3.63, 3.8) is 0 Å². The third-order valence-corrected chi connectivity index (χ3v) is 2.82. The Morgan fingerprint density at radius 1 is 1.17 bits per heavy atom. The van der Waals surface area contributed by atoms with Crippen LogP contribution in [0.25, 0.3) is 0 Å². The molecular weight excluding hydrogens is 224 g/mol. The molecule has 0 atom stereocenters. The molecule has 2 aromatic rings. The molecule has 18 heavy (non-hydrogen) atoms. The van der Waals surface area contributed by atoms with Crippen LogP contribution in [0.4, 0.5) is 11.5 Å². The molecule has 0 fully saturated rings. The lowest BCUT2D eigenvalue weighted by Crippen LogP contribution is -2.13. The van der Waals surface area contributed by atoms with E-state index in [0.29, 0.717) is 11.5 Å². The van der Waals surface area contributed by atoms with E-state index >= 15 is 0 Å². The van der Waals surface area contributed by atoms with E-state index in [0.717, 1.165) is 5.69 Å². The number of anilines is 2. The molecule has 0 aliphatic rings. The van der Waals surface area contributed by atoms with Crippen LogP contribution in [-0.2, 0) is 0 Å². The second-order valence-corrected chi connectivity index (χ2v) is 4.22. The topological polar surface area (TPSA) is 52.8 Å². The molecule has 1 aromatic heterocycles. The summed E-state index contributed by atoms with van der Waals surface area (Å²) in [5, 5.41) is 8.85. The van der Waals surface area contributed by atoms with Gasteiger partial charge in [0.2, 0.25) is 0 Å². The highest BCUT2D eigenvalue weighted by Gasteiger charge is 2.09. The molecule has 0 saturated carbocycles. The van der Waals surface area contributed by atoms with Crippen LogP contribution in [0.1, 0.15) is 16.8 Å². The van der Waals surface area contributed by atoms with E-state index in [2.05, 4.69) is 42.0 Å². The van der Waals surface area contributed by atoms with Crippen molar-refractivity contribution in [1.29, 1.82) is 5.26 Å². The average Bonchev–Trinajstić information content (AvgIpc) is 2.38. The highest BCUT2D eigenvalue weighted by atomic mass is 15.2. The van der Waals surface area contributed by atoms with Crippen LogP contribution in [0.15, 0.2) is 30.6 Å². The van der Waals surface area contributed by atoms with E-state index in [9.17, 15) is 0 Å². The van der Waals surface area contributed by atoms with Gasteiger partial charge in [0.1, 0.15) is 23.9 Å². The third-order valence-electron chi connectivity index (χ3n) is 2.82. The molecule has 0 saturated heterocycles. The van der Waals surface area contributed by atoms with Gasteiger partial charge < -0.3 is 4.90 Å². The lowest BCUT2D eigenvalue weighted by Gasteiger charge is -2.20. The van der Waals surface area contributed by atoms with Crippen molar-refractivity contribution >= 4 is 11.5 Å². The number of rotatable bonds is 2. The largest absolute Gasteiger partial charge is 0.329 e. The van der Waals surface area contributed by atoms with Gasteiger partial charge in [-0.15, -0.1) is 0 Å². The molecule has 0 unspecified atom stereocenters. The van der Waals surface area contributed by atoms with E-state index < -0.39 is 0 Å². The highest BCUT2D eigenvalue weighted by molar-refractivity contribution is 5.63. The van der Waals surface area contributed by atoms with Gasteiger partial charge in [0.05, 0.1) is 0 Å². The van der Waals surface area contributed by atoms with Crippen molar-refractivity contribution < 1.29 is 0 Å². The SMILES string of the molecule is Cc1ccc(N(C)c2cc(C#N)ncn2)c(C)c1. The van der Waals surface area contributed by atoms with Crippen molar-refractivity contribution in [3.05, 3.63) is 47.4 Å². The average molecular weight is 238 g/mol. The Hall–Kier alpha value is -2.41. The lowest BCUT2D eigenvalue weighted by atomic mass is 10.1. The molecule has 1 aromatic carbocycles. The van der Waals surface area contributed by atoms with Crippen LogP contribution in [0.5, 0.6) is 0 Å². The molecule has 0 spiro atoms. The first kappa shape index (κ1) is 12.1. The zero-order valence-corrected chi connectivity index (χ0v) is 10.7. The molecule has 0 radical (unpaired) electrons. The monoisotopic (exact) mass is 238 g/mol. The predicted molar refractivity (Wildman–Crippen MR) is 70.7 cm³/mol. The minimum absolute atomic E-state index is 0.372. The zero-order chi connectivity index (χ0) is 13.1. The second-order valence-electron chi connectivity index (χ2n) is 4.22. The smallest absolute Gasteiger partial charge is 0.145 e. The van der Waals surface area contributed by atoms with Crippen molar-refractivity contribution in [2.75, 3.05) is 11.9 Å². The normalized spacial score (nSPS) is 9.89. The number of benzene rings is 1. The molecule has 4 nitrogen and oxygen atoms in total. The molecule has 4 heteroatoms. The first-order valence-corrected chi connectivity index (χ1v) is 5.65. The Balaban J connectivity index is 2.41. The van der Waals surface area contributed by atoms with E-state index in [-0.39, 0.29) is 0 Å². The standard InChI is InChI=1S/C14H14N4/c1-10-4-5-13(11(2)6-10)18(3)14-7-12(8-15)16-9-17-14/h4-7,9H,1-3H3. The maximum atomic E-state index is 8.85. The third kappa shape index (κ3) is 2.30. The maximum absolute atomic E-state index is 8.85. The summed E-state index contributed by atoms with van der Waals surface area (Å²) in [5.74, 6) is 0.716. The van der Waals surface area contributed by atoms with E-state index in [1.165, 1.54) is 17.5 Å². The van der Waals surface area contributed by atoms with Crippen LogP contribution < -0.4 is 4.90 Å². The number of nitriles is 1. The molecule has 0 N–H and O–H groups in total. The van der Waals surface area contributed by atoms with E-state index in [4.69, 9.17) is 5.26 Å². The lowest BCUT2D eigenvalue weighted by molar-refractivity contribution is 1.06. The summed E-state index contributed by atoms with van der Waals surface area (Å²) in [6.45, 7) is 4.13. The minimum atomic E-state index is 0.372. The van der Waals surface area contributed by atoms with Gasteiger partial charge in [-0.3, -0.25) is 0 Å². The van der Waals surface area contributed by atoms with E-state index in [1.54, 1.807) is 6.07 Å². The van der Waals surface area contributed by atoms with Crippen LogP contribution in [0.3, 0.4) is 0 Å². The Kier molecular flexibility index (Phi) is 3.24. The van der Waals surface area contributed by atoms with Gasteiger partial charge in [0.15, 0.2) is 0 Å². The fourth-order valence-corrected chi connectivity index (χ4v) is 1.90. The number of hydrogen-bond acceptors (Lipinski definition) is 4. The van der Waals surface area contributed by atoms with Crippen molar-refractivity contribution in [2.24, 2.45) is 0 Å². The van der Waals surface area contributed by atoms with Crippen LogP contribution in [0, 0.1) is 25.2 Å². The summed E-state index contributed by atoms with van der Waals surface area (Å²) in [5.41, 5.74) is 3.85. The number of aryl methyl sites for hydroxylation is 2. The number of nitrogens with zero attached hydrogens (tertiary/aromatic N) is 4. The minimum Gasteiger partial charge on any atom is -0.329 e. The molecular formula is C14H14N4. The number of hydrogen-bond donors (Lipinski definition) is 0. The summed E-state index contributed by atoms with van der Waals surface area (Å²) >= 11 is 0. The van der Waals surface area contributed by atoms with Gasteiger partial charge in [0.25, 0.3) is 0 Å². The summed E-state index contributed by atoms with van der Waals surface area (Å²) in [7, 11) is 1.93. The summed E-state index contributed by atoms with van der Waals surface area (Å²) in [6, 6.07) is 9.94. The Morgan fingerprint density at radius 2 is 1.94 bits per heavy atom. The quantitative estimate of drug-likeness (QED) is 0.807. The van der Waals surface area contributed by atoms with Crippen molar-refractivity contribution in [2.45, 2.75) is 13.8 Å². The predicted octanol–water partition coefficient (Wildman–Crippen LogP) is 2.73. The van der Waals surface area contributed by atoms with Gasteiger partial charge in [-0.2, -0.15) is 5.26 Å². The summed E-state index contributed by atoms with van der Waals surface area (Å²) in [4.78, 5) is 10.0. The molecule has 1 heterocycles. The Bertz CT molecular complexity index is 613. The first-order chi connectivity index (χ1) is 8.61. The van der Waals surface area contributed by atoms with Gasteiger partial charge in [-0.1, -0.05) is 17.7 Å². The highest BCUT2D eigenvalue weighted by Crippen LogP contribution is 2.25. The molecule has 0 aliphatic carbocycles. The first-order valence-electron chi connectivity index (χ1n) is 5.65. The zero-order valence-electron chi connectivity index (χ0n) is 10.7. The molecule has 0 bridgehead atoms. The van der Waals surface area contributed by atoms with Gasteiger partial charge in [-0.25, -0.2) is 9.97 Å². The molecule has 2 rings (SSSR count). The molecule has 0 amide bonds. The van der Waals surface area contributed by atoms with Crippen LogP contribution >= 0.6 is 0 Å². The van der Waals surface area contributed by atoms with Crippen molar-refractivity contribution in [1.82, 2.24) is 9.97 Å². The molecule has 0 aliphatic heterocycles. The summed E-state index contributed by atoms with van der Waals surface area (Å²) < 4.78 is 0. The maximum Gasteiger partial charge on any atom is 0.145 e. The second kappa shape index (κ2) is 4.84. The number of aromatic nitrogens is 2. The van der Waals surface area contributed by atoms with Crippen molar-refractivity contribution in [3.8, 4) is 6.07 Å². The molecule has 90 valence electrons. The van der Waals surface area contributed by atoms with Gasteiger partial charge >= 0.3 is 0 Å². The van der Waals surface area contributed by atoms with Crippen LogP contribution in [-0.4, -0.2) is 17.0 Å². The Labute approximate surface area is 107 Å². The van der Waals surface area contributed by atoms with Gasteiger partial charge in [-0.05, 0) is 25.5 Å².